The van der Waals surface area contributed by atoms with Crippen molar-refractivity contribution in [1.82, 2.24) is 4.98 Å². The number of anilines is 2. The molecule has 3 aromatic carbocycles. The van der Waals surface area contributed by atoms with Crippen LogP contribution >= 0.6 is 55.0 Å². The number of rotatable bonds is 6. The van der Waals surface area contributed by atoms with Crippen LogP contribution in [0.1, 0.15) is 21.9 Å². The Bertz CT molecular complexity index is 1860. The third-order valence-corrected chi connectivity index (χ3v) is 10.5. The number of aromatic nitrogens is 1. The van der Waals surface area contributed by atoms with Crippen LogP contribution in [-0.4, -0.2) is 34.6 Å². The molecule has 3 heterocycles. The number of thioether (sulfide) groups is 1. The Morgan fingerprint density at radius 3 is 2.41 bits per heavy atom. The van der Waals surface area contributed by atoms with Gasteiger partial charge >= 0.3 is 11.0 Å². The Labute approximate surface area is 272 Å². The lowest BCUT2D eigenvalue weighted by atomic mass is 9.82. The molecule has 0 saturated carbocycles. The number of amides is 3. The van der Waals surface area contributed by atoms with E-state index in [0.29, 0.717) is 25.6 Å². The highest BCUT2D eigenvalue weighted by atomic mass is 79.9. The van der Waals surface area contributed by atoms with Gasteiger partial charge in [-0.15, -0.1) is 0 Å². The number of imide groups is 1. The maximum atomic E-state index is 14.0. The predicted molar refractivity (Wildman–Crippen MR) is 166 cm³/mol. The molecule has 0 bridgehead atoms. The molecule has 4 aromatic rings. The van der Waals surface area contributed by atoms with E-state index in [4.69, 9.17) is 4.74 Å². The van der Waals surface area contributed by atoms with Crippen molar-refractivity contribution >= 4 is 84.1 Å². The van der Waals surface area contributed by atoms with E-state index >= 15 is 0 Å². The second-order valence-corrected chi connectivity index (χ2v) is 13.8. The Hall–Kier alpha value is -3.40. The molecule has 44 heavy (non-hydrogen) atoms. The summed E-state index contributed by atoms with van der Waals surface area (Å²) in [6.07, 6.45) is -4.68. The van der Waals surface area contributed by atoms with E-state index < -0.39 is 58.8 Å². The summed E-state index contributed by atoms with van der Waals surface area (Å²) in [5, 5.41) is 1.84. The topological polar surface area (TPSA) is 109 Å². The predicted octanol–water partition coefficient (Wildman–Crippen LogP) is 6.79. The monoisotopic (exact) mass is 767 g/mol. The van der Waals surface area contributed by atoms with E-state index in [0.717, 1.165) is 44.6 Å². The van der Waals surface area contributed by atoms with Gasteiger partial charge < -0.3 is 15.0 Å². The lowest BCUT2D eigenvalue weighted by Crippen LogP contribution is -2.32. The molecule has 2 aliphatic heterocycles. The summed E-state index contributed by atoms with van der Waals surface area (Å²) in [5.41, 5.74) is -0.594. The van der Waals surface area contributed by atoms with Crippen LogP contribution in [0.5, 0.6) is 5.75 Å². The van der Waals surface area contributed by atoms with Gasteiger partial charge in [0.2, 0.25) is 11.8 Å². The minimum atomic E-state index is -4.68. The Morgan fingerprint density at radius 1 is 0.977 bits per heavy atom. The first-order valence-corrected chi connectivity index (χ1v) is 16.1. The van der Waals surface area contributed by atoms with E-state index in [1.54, 1.807) is 42.5 Å². The van der Waals surface area contributed by atoms with Crippen LogP contribution in [0.2, 0.25) is 0 Å². The normalized spacial score (nSPS) is 19.5. The van der Waals surface area contributed by atoms with Crippen LogP contribution in [0, 0.1) is 5.92 Å². The van der Waals surface area contributed by atoms with Crippen molar-refractivity contribution in [2.45, 2.75) is 22.4 Å². The van der Waals surface area contributed by atoms with Crippen molar-refractivity contribution < 1.29 is 32.3 Å². The van der Waals surface area contributed by atoms with Crippen molar-refractivity contribution in [2.24, 2.45) is 5.92 Å². The fourth-order valence-corrected chi connectivity index (χ4v) is 8.41. The van der Waals surface area contributed by atoms with Gasteiger partial charge in [0.25, 0.3) is 5.91 Å². The Balaban J connectivity index is 1.34. The number of halogens is 5. The number of carbonyl (C=O) groups is 3. The number of hydrogen-bond acceptors (Lipinski definition) is 7. The average Bonchev–Trinajstić information content (AvgIpc) is 3.46. The highest BCUT2D eigenvalue weighted by Crippen LogP contribution is 2.54. The van der Waals surface area contributed by atoms with E-state index in [9.17, 15) is 32.3 Å². The number of alkyl halides is 3. The van der Waals surface area contributed by atoms with Crippen molar-refractivity contribution in [2.75, 3.05) is 16.8 Å². The van der Waals surface area contributed by atoms with Gasteiger partial charge in [-0.1, -0.05) is 67.1 Å². The minimum absolute atomic E-state index is 0.164. The summed E-state index contributed by atoms with van der Waals surface area (Å²) in [6, 6.07) is 16.2. The second-order valence-electron chi connectivity index (χ2n) is 9.80. The van der Waals surface area contributed by atoms with Crippen molar-refractivity contribution in [3.8, 4) is 5.75 Å². The SMILES string of the molecule is O=C(COc1ccc(Br)cc1[C@@H]1c2sc(=O)[nH]c2S[C@H]2C(=O)N(c3ccc(Br)cc3)C(=O)[C@@H]12)Nc1ccccc1C(F)(F)F. The summed E-state index contributed by atoms with van der Waals surface area (Å²) in [5.74, 6) is -3.29. The van der Waals surface area contributed by atoms with Gasteiger partial charge in [-0.2, -0.15) is 13.2 Å². The van der Waals surface area contributed by atoms with Crippen molar-refractivity contribution in [3.63, 3.8) is 0 Å². The van der Waals surface area contributed by atoms with Crippen LogP contribution in [0.25, 0.3) is 0 Å². The third-order valence-electron chi connectivity index (χ3n) is 7.08. The number of carbonyl (C=O) groups excluding carboxylic acids is 3. The molecule has 1 aromatic heterocycles. The van der Waals surface area contributed by atoms with Gasteiger partial charge in [-0.3, -0.25) is 19.2 Å². The number of nitrogens with zero attached hydrogens (tertiary/aromatic N) is 1. The van der Waals surface area contributed by atoms with E-state index in [1.165, 1.54) is 12.1 Å². The van der Waals surface area contributed by atoms with Crippen LogP contribution in [0.4, 0.5) is 24.5 Å². The van der Waals surface area contributed by atoms with Crippen LogP contribution in [0.15, 0.2) is 85.5 Å². The molecule has 226 valence electrons. The minimum Gasteiger partial charge on any atom is -0.483 e. The number of hydrogen-bond donors (Lipinski definition) is 2. The summed E-state index contributed by atoms with van der Waals surface area (Å²) in [4.78, 5) is 57.0. The van der Waals surface area contributed by atoms with Gasteiger partial charge in [0.05, 0.1) is 27.9 Å². The molecule has 1 saturated heterocycles. The van der Waals surface area contributed by atoms with Crippen molar-refractivity contribution in [3.05, 3.63) is 101 Å². The molecule has 2 aliphatic rings. The maximum absolute atomic E-state index is 14.0. The van der Waals surface area contributed by atoms with Gasteiger partial charge in [-0.25, -0.2) is 4.90 Å². The molecular weight excluding hydrogens is 751 g/mol. The Morgan fingerprint density at radius 2 is 1.68 bits per heavy atom. The largest absolute Gasteiger partial charge is 0.483 e. The molecule has 3 atom stereocenters. The number of H-pyrrole nitrogens is 1. The quantitative estimate of drug-likeness (QED) is 0.209. The zero-order valence-corrected chi connectivity index (χ0v) is 26.8. The lowest BCUT2D eigenvalue weighted by molar-refractivity contribution is -0.137. The molecule has 0 aliphatic carbocycles. The number of benzene rings is 3. The third kappa shape index (κ3) is 5.73. The van der Waals surface area contributed by atoms with E-state index in [2.05, 4.69) is 42.2 Å². The zero-order chi connectivity index (χ0) is 31.3. The molecule has 1 fully saturated rings. The van der Waals surface area contributed by atoms with Gasteiger partial charge in [0, 0.05) is 25.3 Å². The molecule has 0 radical (unpaired) electrons. The fourth-order valence-electron chi connectivity index (χ4n) is 5.26. The standard InChI is InChI=1S/C29H18Br2F3N3O5S2/c30-13-5-8-15(9-6-13)37-26(39)22-21(23-25(36-28(41)44-23)43-24(22)27(37)40)16-11-14(31)7-10-19(16)42-12-20(38)35-18-4-2-1-3-17(18)29(32,33)34/h1-11,21-22,24H,12H2,(H,35,38)(H,36,41)/t21-,22-,24+/m0/s1. The van der Waals surface area contributed by atoms with E-state index in [-0.39, 0.29) is 10.6 Å². The summed E-state index contributed by atoms with van der Waals surface area (Å²) >= 11 is 8.82. The number of ether oxygens (including phenoxy) is 1. The van der Waals surface area contributed by atoms with Gasteiger partial charge in [0.1, 0.15) is 11.0 Å². The molecule has 6 rings (SSSR count). The number of aromatic amines is 1. The molecule has 3 amide bonds. The first-order chi connectivity index (χ1) is 20.9. The first-order valence-electron chi connectivity index (χ1n) is 12.8. The maximum Gasteiger partial charge on any atom is 0.418 e. The summed E-state index contributed by atoms with van der Waals surface area (Å²) in [6.45, 7) is -0.648. The van der Waals surface area contributed by atoms with Crippen LogP contribution in [0.3, 0.4) is 0 Å². The molecule has 8 nitrogen and oxygen atoms in total. The molecule has 2 N–H and O–H groups in total. The highest BCUT2D eigenvalue weighted by molar-refractivity contribution is 9.10. The zero-order valence-electron chi connectivity index (χ0n) is 22.0. The number of para-hydroxylation sites is 1. The lowest BCUT2D eigenvalue weighted by Gasteiger charge is -2.31. The van der Waals surface area contributed by atoms with E-state index in [1.807, 2.05) is 0 Å². The summed E-state index contributed by atoms with van der Waals surface area (Å²) in [7, 11) is 0. The molecule has 0 unspecified atom stereocenters. The van der Waals surface area contributed by atoms with Gasteiger partial charge in [-0.05, 0) is 54.6 Å². The highest BCUT2D eigenvalue weighted by Gasteiger charge is 2.57. The Kier molecular flexibility index (Phi) is 8.24. The number of thiazole rings is 1. The van der Waals surface area contributed by atoms with Crippen LogP contribution in [-0.2, 0) is 20.6 Å². The molecular formula is C29H18Br2F3N3O5S2. The first kappa shape index (κ1) is 30.6. The average molecular weight is 769 g/mol. The van der Waals surface area contributed by atoms with Crippen molar-refractivity contribution in [1.29, 1.82) is 0 Å². The smallest absolute Gasteiger partial charge is 0.418 e. The van der Waals surface area contributed by atoms with Gasteiger partial charge in [0.15, 0.2) is 6.61 Å². The fraction of sp³-hybridized carbons (Fsp3) is 0.172. The van der Waals surface area contributed by atoms with Crippen LogP contribution < -0.4 is 19.8 Å². The number of nitrogens with one attached hydrogen (secondary N) is 2. The molecule has 15 heteroatoms. The molecule has 0 spiro atoms. The second kappa shape index (κ2) is 11.8. The summed E-state index contributed by atoms with van der Waals surface area (Å²) < 4.78 is 47.5. The number of fused-ring (bicyclic) bond motifs is 2.